The Bertz CT molecular complexity index is 1320. The molecule has 41 heavy (non-hydrogen) atoms. The van der Waals surface area contributed by atoms with E-state index >= 15 is 0 Å². The van der Waals surface area contributed by atoms with E-state index in [1.807, 2.05) is 20.8 Å². The zero-order valence-corrected chi connectivity index (χ0v) is 24.6. The molecule has 222 valence electrons. The summed E-state index contributed by atoms with van der Waals surface area (Å²) in [5.41, 5.74) is -0.0634. The lowest BCUT2D eigenvalue weighted by Crippen LogP contribution is -2.69. The highest BCUT2D eigenvalue weighted by Gasteiger charge is 2.71. The molecule has 10 heteroatoms. The molecule has 0 N–H and O–H groups in total. The number of Topliss-reactive ketones (excluding diaryl/α,β-unsaturated/α-hetero) is 1. The van der Waals surface area contributed by atoms with Gasteiger partial charge in [-0.1, -0.05) is 33.3 Å². The first-order valence-corrected chi connectivity index (χ1v) is 14.1. The Morgan fingerprint density at radius 1 is 1.07 bits per heavy atom. The second-order valence-electron chi connectivity index (χ2n) is 13.0. The first-order valence-electron chi connectivity index (χ1n) is 14.1. The van der Waals surface area contributed by atoms with Crippen LogP contribution in [0.15, 0.2) is 34.2 Å². The molecule has 1 aromatic heterocycles. The number of rotatable bonds is 5. The minimum atomic E-state index is -1.41. The number of carbonyl (C=O) groups excluding carboxylic acids is 5. The van der Waals surface area contributed by atoms with E-state index in [9.17, 15) is 24.0 Å². The third-order valence-corrected chi connectivity index (χ3v) is 10.3. The highest BCUT2D eigenvalue weighted by atomic mass is 16.6. The van der Waals surface area contributed by atoms with Gasteiger partial charge >= 0.3 is 23.9 Å². The molecule has 2 bridgehead atoms. The fourth-order valence-corrected chi connectivity index (χ4v) is 8.83. The number of esters is 4. The maximum Gasteiger partial charge on any atom is 0.347 e. The maximum absolute atomic E-state index is 14.5. The van der Waals surface area contributed by atoms with Crippen molar-refractivity contribution < 1.29 is 47.3 Å². The average molecular weight is 571 g/mol. The van der Waals surface area contributed by atoms with Gasteiger partial charge in [-0.05, 0) is 36.8 Å². The van der Waals surface area contributed by atoms with Gasteiger partial charge in [0.15, 0.2) is 0 Å². The van der Waals surface area contributed by atoms with Crippen molar-refractivity contribution in [3.8, 4) is 0 Å². The highest BCUT2D eigenvalue weighted by Crippen LogP contribution is 2.68. The van der Waals surface area contributed by atoms with Gasteiger partial charge in [0, 0.05) is 41.6 Å². The number of hydrogen-bond donors (Lipinski definition) is 0. The SMILES string of the molecule is COC(=O)C(OC(C)=O)[C@H]1C(C)(C)C(OC(C)=O)[C@@H]2CC3=C4CC(=O)O[C@@H](c5ccoc5)[C@]4(C)CCC3[C@@]1(C)C2=O. The molecule has 1 aromatic rings. The molecule has 0 radical (unpaired) electrons. The summed E-state index contributed by atoms with van der Waals surface area (Å²) in [5, 5.41) is 0. The number of ether oxygens (including phenoxy) is 4. The number of fused-ring (bicyclic) bond motifs is 5. The van der Waals surface area contributed by atoms with E-state index in [-0.39, 0.29) is 24.1 Å². The molecule has 3 fully saturated rings. The number of allylic oxidation sites excluding steroid dienone is 1. The average Bonchev–Trinajstić information content (AvgIpc) is 3.42. The number of furan rings is 1. The first kappa shape index (κ1) is 29.1. The summed E-state index contributed by atoms with van der Waals surface area (Å²) in [6, 6.07) is 1.79. The van der Waals surface area contributed by atoms with Crippen molar-refractivity contribution >= 4 is 29.7 Å². The molecule has 4 aliphatic rings. The number of carbonyl (C=O) groups is 5. The van der Waals surface area contributed by atoms with E-state index < -0.39 is 64.3 Å². The predicted octanol–water partition coefficient (Wildman–Crippen LogP) is 4.27. The molecule has 8 atom stereocenters. The van der Waals surface area contributed by atoms with Gasteiger partial charge in [-0.25, -0.2) is 4.79 Å². The van der Waals surface area contributed by atoms with Crippen LogP contribution >= 0.6 is 0 Å². The van der Waals surface area contributed by atoms with Crippen LogP contribution in [0.3, 0.4) is 0 Å². The van der Waals surface area contributed by atoms with Crippen molar-refractivity contribution in [2.24, 2.45) is 34.0 Å². The van der Waals surface area contributed by atoms with Crippen molar-refractivity contribution in [1.82, 2.24) is 0 Å². The van der Waals surface area contributed by atoms with Crippen LogP contribution in [-0.2, 0) is 42.9 Å². The summed E-state index contributed by atoms with van der Waals surface area (Å²) >= 11 is 0. The van der Waals surface area contributed by atoms with Crippen molar-refractivity contribution in [2.75, 3.05) is 7.11 Å². The molecule has 0 spiro atoms. The van der Waals surface area contributed by atoms with Crippen LogP contribution in [0.1, 0.15) is 78.9 Å². The highest BCUT2D eigenvalue weighted by molar-refractivity contribution is 5.93. The molecule has 5 rings (SSSR count). The van der Waals surface area contributed by atoms with Gasteiger partial charge in [-0.15, -0.1) is 0 Å². The monoisotopic (exact) mass is 570 g/mol. The number of methoxy groups -OCH3 is 1. The number of ketones is 1. The Labute approximate surface area is 239 Å². The van der Waals surface area contributed by atoms with Gasteiger partial charge in [-0.2, -0.15) is 0 Å². The molecular weight excluding hydrogens is 532 g/mol. The lowest BCUT2D eigenvalue weighted by molar-refractivity contribution is -0.217. The first-order chi connectivity index (χ1) is 19.2. The molecule has 0 amide bonds. The van der Waals surface area contributed by atoms with Crippen molar-refractivity contribution in [3.63, 3.8) is 0 Å². The molecule has 1 aliphatic heterocycles. The van der Waals surface area contributed by atoms with Crippen LogP contribution in [0.25, 0.3) is 0 Å². The summed E-state index contributed by atoms with van der Waals surface area (Å²) in [5.74, 6) is -4.48. The van der Waals surface area contributed by atoms with Crippen molar-refractivity contribution in [2.45, 2.75) is 85.5 Å². The predicted molar refractivity (Wildman–Crippen MR) is 142 cm³/mol. The summed E-state index contributed by atoms with van der Waals surface area (Å²) < 4.78 is 27.8. The molecule has 2 heterocycles. The van der Waals surface area contributed by atoms with Crippen molar-refractivity contribution in [3.05, 3.63) is 35.3 Å². The van der Waals surface area contributed by atoms with Crippen LogP contribution in [0, 0.1) is 34.0 Å². The van der Waals surface area contributed by atoms with Gasteiger partial charge < -0.3 is 23.4 Å². The zero-order chi connectivity index (χ0) is 30.1. The van der Waals surface area contributed by atoms with E-state index in [1.165, 1.54) is 21.0 Å². The van der Waals surface area contributed by atoms with E-state index in [0.29, 0.717) is 19.3 Å². The quantitative estimate of drug-likeness (QED) is 0.287. The number of hydrogen-bond acceptors (Lipinski definition) is 10. The van der Waals surface area contributed by atoms with Gasteiger partial charge in [0.05, 0.1) is 32.0 Å². The maximum atomic E-state index is 14.5. The summed E-state index contributed by atoms with van der Waals surface area (Å²) in [4.78, 5) is 65.4. The Morgan fingerprint density at radius 3 is 2.37 bits per heavy atom. The van der Waals surface area contributed by atoms with Gasteiger partial charge in [0.25, 0.3) is 0 Å². The van der Waals surface area contributed by atoms with E-state index in [2.05, 4.69) is 6.92 Å². The normalized spacial score (nSPS) is 36.3. The second kappa shape index (κ2) is 9.84. The minimum absolute atomic E-state index is 0.0738. The minimum Gasteiger partial charge on any atom is -0.472 e. The standard InChI is InChI=1S/C31H38O10/c1-15(32)39-23(28(36)37-7)24-29(3,4)27(40-16(2)33)19-12-18-20(31(24,6)25(19)35)8-10-30(5)21(18)13-22(34)41-26(30)17-9-11-38-14-17/h9,11,14,19-20,23-24,26-27H,8,10,12-13H2,1-7H3/t19-,20?,23?,24+,26+,27?,30-,31-/m1/s1. The smallest absolute Gasteiger partial charge is 0.347 e. The van der Waals surface area contributed by atoms with E-state index in [1.54, 1.807) is 18.6 Å². The Hall–Kier alpha value is -3.43. The van der Waals surface area contributed by atoms with Crippen LogP contribution in [0.2, 0.25) is 0 Å². The van der Waals surface area contributed by atoms with E-state index in [4.69, 9.17) is 23.4 Å². The summed E-state index contributed by atoms with van der Waals surface area (Å²) in [6.07, 6.45) is 1.84. The van der Waals surface area contributed by atoms with Gasteiger partial charge in [-0.3, -0.25) is 19.2 Å². The molecule has 3 aliphatic carbocycles. The zero-order valence-electron chi connectivity index (χ0n) is 24.6. The third kappa shape index (κ3) is 4.24. The van der Waals surface area contributed by atoms with Crippen LogP contribution in [0.5, 0.6) is 0 Å². The van der Waals surface area contributed by atoms with Crippen LogP contribution in [0.4, 0.5) is 0 Å². The Kier molecular flexibility index (Phi) is 6.98. The van der Waals surface area contributed by atoms with Gasteiger partial charge in [0.1, 0.15) is 18.0 Å². The molecular formula is C31H38O10. The molecule has 3 unspecified atom stereocenters. The number of cyclic esters (lactones) is 1. The molecule has 0 aromatic carbocycles. The lowest BCUT2D eigenvalue weighted by atomic mass is 9.40. The largest absolute Gasteiger partial charge is 0.472 e. The summed E-state index contributed by atoms with van der Waals surface area (Å²) in [7, 11) is 1.20. The Morgan fingerprint density at radius 2 is 1.78 bits per heavy atom. The van der Waals surface area contributed by atoms with E-state index in [0.717, 1.165) is 16.7 Å². The molecule has 10 nitrogen and oxygen atoms in total. The van der Waals surface area contributed by atoms with Crippen molar-refractivity contribution in [1.29, 1.82) is 0 Å². The lowest BCUT2D eigenvalue weighted by Gasteiger charge is -2.64. The van der Waals surface area contributed by atoms with Gasteiger partial charge in [0.2, 0.25) is 6.10 Å². The van der Waals surface area contributed by atoms with Crippen LogP contribution in [-0.4, -0.2) is 49.0 Å². The summed E-state index contributed by atoms with van der Waals surface area (Å²) in [6.45, 7) is 10.1. The van der Waals surface area contributed by atoms with Crippen LogP contribution < -0.4 is 0 Å². The molecule has 2 saturated carbocycles. The fourth-order valence-electron chi connectivity index (χ4n) is 8.83. The fraction of sp³-hybridized carbons (Fsp3) is 0.645. The second-order valence-corrected chi connectivity index (χ2v) is 13.0. The Balaban J connectivity index is 1.74. The topological polar surface area (TPSA) is 135 Å². The third-order valence-electron chi connectivity index (χ3n) is 10.3. The molecule has 1 saturated heterocycles.